The van der Waals surface area contributed by atoms with Crippen molar-refractivity contribution < 1.29 is 4.74 Å². The van der Waals surface area contributed by atoms with E-state index in [9.17, 15) is 0 Å². The zero-order valence-corrected chi connectivity index (χ0v) is 14.9. The molecule has 1 heterocycles. The Labute approximate surface area is 158 Å². The normalized spacial score (nSPS) is 10.7. The first kappa shape index (κ1) is 16.9. The third-order valence-electron chi connectivity index (χ3n) is 4.43. The molecule has 0 atom stereocenters. The molecule has 0 unspecified atom stereocenters. The van der Waals surface area contributed by atoms with E-state index in [0.29, 0.717) is 6.61 Å². The lowest BCUT2D eigenvalue weighted by atomic mass is 10.1. The summed E-state index contributed by atoms with van der Waals surface area (Å²) in [5.74, 6) is 0.866. The molecule has 3 N–H and O–H groups in total. The smallest absolute Gasteiger partial charge is 0.119 e. The van der Waals surface area contributed by atoms with Gasteiger partial charge in [-0.15, -0.1) is 0 Å². The number of nitrogens with two attached hydrogens (primary N) is 1. The van der Waals surface area contributed by atoms with Crippen LogP contribution in [-0.4, -0.2) is 16.8 Å². The van der Waals surface area contributed by atoms with Gasteiger partial charge in [0.05, 0.1) is 18.0 Å². The van der Waals surface area contributed by atoms with Gasteiger partial charge in [-0.25, -0.2) is 0 Å². The average molecular weight is 355 g/mol. The Kier molecular flexibility index (Phi) is 4.88. The van der Waals surface area contributed by atoms with Crippen LogP contribution in [0.3, 0.4) is 0 Å². The molecule has 0 saturated carbocycles. The molecular weight excluding hydrogens is 334 g/mol. The molecule has 0 radical (unpaired) electrons. The minimum absolute atomic E-state index is 0.660. The molecule has 0 amide bonds. The van der Waals surface area contributed by atoms with Gasteiger partial charge in [0.1, 0.15) is 5.75 Å². The molecule has 4 heteroatoms. The van der Waals surface area contributed by atoms with E-state index in [1.54, 1.807) is 0 Å². The molecule has 0 aliphatic carbocycles. The molecule has 4 nitrogen and oxygen atoms in total. The van der Waals surface area contributed by atoms with E-state index >= 15 is 0 Å². The maximum Gasteiger partial charge on any atom is 0.119 e. The van der Waals surface area contributed by atoms with Crippen LogP contribution in [0.5, 0.6) is 5.75 Å². The van der Waals surface area contributed by atoms with Crippen LogP contribution in [0.2, 0.25) is 0 Å². The van der Waals surface area contributed by atoms with Crippen molar-refractivity contribution in [2.45, 2.75) is 6.42 Å². The summed E-state index contributed by atoms with van der Waals surface area (Å²) in [6.07, 6.45) is 0.896. The van der Waals surface area contributed by atoms with Gasteiger partial charge in [0.15, 0.2) is 0 Å². The molecule has 0 saturated heterocycles. The summed E-state index contributed by atoms with van der Waals surface area (Å²) in [5, 5.41) is 7.49. The van der Waals surface area contributed by atoms with Crippen molar-refractivity contribution >= 4 is 5.69 Å². The fourth-order valence-corrected chi connectivity index (χ4v) is 2.98. The average Bonchev–Trinajstić information content (AvgIpc) is 3.20. The van der Waals surface area contributed by atoms with Crippen molar-refractivity contribution in [3.8, 4) is 28.3 Å². The van der Waals surface area contributed by atoms with Crippen molar-refractivity contribution in [3.63, 3.8) is 0 Å². The van der Waals surface area contributed by atoms with Crippen LogP contribution in [0.25, 0.3) is 22.5 Å². The summed E-state index contributed by atoms with van der Waals surface area (Å²) in [4.78, 5) is 0. The number of nitrogen functional groups attached to an aromatic ring is 1. The van der Waals surface area contributed by atoms with Crippen LogP contribution in [0.1, 0.15) is 5.56 Å². The zero-order valence-electron chi connectivity index (χ0n) is 14.9. The summed E-state index contributed by atoms with van der Waals surface area (Å²) < 4.78 is 5.85. The minimum Gasteiger partial charge on any atom is -0.493 e. The summed E-state index contributed by atoms with van der Waals surface area (Å²) in [5.41, 5.74) is 11.8. The number of hydrogen-bond acceptors (Lipinski definition) is 3. The molecule has 0 aliphatic rings. The molecule has 134 valence electrons. The standard InChI is InChI=1S/C23H21N3O/c24-20-8-4-7-19(15-20)23-16-22(25-26-23)18-9-11-21(12-10-18)27-14-13-17-5-2-1-3-6-17/h1-12,15-16H,13-14,24H2,(H,25,26). The second-order valence-corrected chi connectivity index (χ2v) is 6.40. The molecule has 0 spiro atoms. The third kappa shape index (κ3) is 4.18. The monoisotopic (exact) mass is 355 g/mol. The third-order valence-corrected chi connectivity index (χ3v) is 4.43. The lowest BCUT2D eigenvalue weighted by Gasteiger charge is -2.07. The molecule has 0 fully saturated rings. The Morgan fingerprint density at radius 3 is 2.41 bits per heavy atom. The first-order valence-corrected chi connectivity index (χ1v) is 8.96. The lowest BCUT2D eigenvalue weighted by molar-refractivity contribution is 0.322. The highest BCUT2D eigenvalue weighted by molar-refractivity contribution is 5.70. The quantitative estimate of drug-likeness (QED) is 0.481. The second-order valence-electron chi connectivity index (χ2n) is 6.40. The first-order valence-electron chi connectivity index (χ1n) is 8.96. The highest BCUT2D eigenvalue weighted by Crippen LogP contribution is 2.26. The highest BCUT2D eigenvalue weighted by Gasteiger charge is 2.06. The van der Waals surface area contributed by atoms with Crippen molar-refractivity contribution in [1.29, 1.82) is 0 Å². The van der Waals surface area contributed by atoms with Crippen molar-refractivity contribution in [1.82, 2.24) is 10.2 Å². The lowest BCUT2D eigenvalue weighted by Crippen LogP contribution is -2.00. The Morgan fingerprint density at radius 1 is 0.815 bits per heavy atom. The fourth-order valence-electron chi connectivity index (χ4n) is 2.98. The summed E-state index contributed by atoms with van der Waals surface area (Å²) in [6.45, 7) is 0.660. The van der Waals surface area contributed by atoms with Crippen molar-refractivity contribution in [2.75, 3.05) is 12.3 Å². The molecule has 0 bridgehead atoms. The Bertz CT molecular complexity index is 1010. The molecule has 27 heavy (non-hydrogen) atoms. The first-order chi connectivity index (χ1) is 13.3. The van der Waals surface area contributed by atoms with Gasteiger partial charge in [0.2, 0.25) is 0 Å². The van der Waals surface area contributed by atoms with Crippen LogP contribution >= 0.6 is 0 Å². The number of nitrogens with one attached hydrogen (secondary N) is 1. The largest absolute Gasteiger partial charge is 0.493 e. The SMILES string of the molecule is Nc1cccc(-c2cc(-c3ccc(OCCc4ccccc4)cc3)[nH]n2)c1. The number of anilines is 1. The second kappa shape index (κ2) is 7.79. The number of aromatic nitrogens is 2. The number of ether oxygens (including phenoxy) is 1. The van der Waals surface area contributed by atoms with E-state index in [1.807, 2.05) is 72.8 Å². The highest BCUT2D eigenvalue weighted by atomic mass is 16.5. The molecule has 4 rings (SSSR count). The topological polar surface area (TPSA) is 63.9 Å². The Balaban J connectivity index is 1.40. The van der Waals surface area contributed by atoms with E-state index in [0.717, 1.165) is 40.4 Å². The zero-order chi connectivity index (χ0) is 18.5. The van der Waals surface area contributed by atoms with Crippen LogP contribution in [-0.2, 0) is 6.42 Å². The van der Waals surface area contributed by atoms with Gasteiger partial charge in [-0.2, -0.15) is 5.10 Å². The predicted molar refractivity (Wildman–Crippen MR) is 110 cm³/mol. The van der Waals surface area contributed by atoms with Gasteiger partial charge in [-0.05, 0) is 53.6 Å². The maximum atomic E-state index is 5.86. The fraction of sp³-hybridized carbons (Fsp3) is 0.0870. The van der Waals surface area contributed by atoms with Crippen LogP contribution in [0.4, 0.5) is 5.69 Å². The number of hydrogen-bond donors (Lipinski definition) is 2. The van der Waals surface area contributed by atoms with Gasteiger partial charge in [0.25, 0.3) is 0 Å². The van der Waals surface area contributed by atoms with Gasteiger partial charge in [0, 0.05) is 17.7 Å². The number of nitrogens with zero attached hydrogens (tertiary/aromatic N) is 1. The molecule has 3 aromatic carbocycles. The number of benzene rings is 3. The van der Waals surface area contributed by atoms with Crippen LogP contribution in [0, 0.1) is 0 Å². The van der Waals surface area contributed by atoms with E-state index < -0.39 is 0 Å². The van der Waals surface area contributed by atoms with Gasteiger partial charge < -0.3 is 10.5 Å². The van der Waals surface area contributed by atoms with Crippen LogP contribution in [0.15, 0.2) is 84.9 Å². The van der Waals surface area contributed by atoms with Crippen molar-refractivity contribution in [2.24, 2.45) is 0 Å². The Morgan fingerprint density at radius 2 is 1.63 bits per heavy atom. The molecular formula is C23H21N3O. The molecule has 1 aromatic heterocycles. The van der Waals surface area contributed by atoms with Gasteiger partial charge >= 0.3 is 0 Å². The Hall–Kier alpha value is -3.53. The number of H-pyrrole nitrogens is 1. The van der Waals surface area contributed by atoms with Crippen molar-refractivity contribution in [3.05, 3.63) is 90.5 Å². The van der Waals surface area contributed by atoms with Crippen LogP contribution < -0.4 is 10.5 Å². The predicted octanol–water partition coefficient (Wildman–Crippen LogP) is 4.95. The van der Waals surface area contributed by atoms with Gasteiger partial charge in [-0.1, -0.05) is 42.5 Å². The molecule has 4 aromatic rings. The summed E-state index contributed by atoms with van der Waals surface area (Å²) in [7, 11) is 0. The minimum atomic E-state index is 0.660. The van der Waals surface area contributed by atoms with E-state index in [1.165, 1.54) is 5.56 Å². The summed E-state index contributed by atoms with van der Waals surface area (Å²) >= 11 is 0. The van der Waals surface area contributed by atoms with E-state index in [4.69, 9.17) is 10.5 Å². The van der Waals surface area contributed by atoms with E-state index in [2.05, 4.69) is 22.3 Å². The number of rotatable bonds is 6. The summed E-state index contributed by atoms with van der Waals surface area (Å²) in [6, 6.07) is 28.1. The molecule has 0 aliphatic heterocycles. The van der Waals surface area contributed by atoms with E-state index in [-0.39, 0.29) is 0 Å². The van der Waals surface area contributed by atoms with Gasteiger partial charge in [-0.3, -0.25) is 5.10 Å². The maximum absolute atomic E-state index is 5.86. The number of aromatic amines is 1.